The van der Waals surface area contributed by atoms with Gasteiger partial charge in [0.15, 0.2) is 0 Å². The Morgan fingerprint density at radius 2 is 2.29 bits per heavy atom. The van der Waals surface area contributed by atoms with E-state index in [1.54, 1.807) is 0 Å². The van der Waals surface area contributed by atoms with E-state index in [0.717, 1.165) is 0 Å². The standard InChI is InChI=1S/C9H20N2O3/c1-7(10)3-4-9(13)11-5-8(12)6-14-2/h7-8,12H,3-6,10H2,1-2H3,(H,11,13). The van der Waals surface area contributed by atoms with Crippen LogP contribution in [-0.2, 0) is 9.53 Å². The fourth-order valence-corrected chi connectivity index (χ4v) is 0.930. The lowest BCUT2D eigenvalue weighted by Gasteiger charge is -2.11. The van der Waals surface area contributed by atoms with Gasteiger partial charge < -0.3 is 20.9 Å². The van der Waals surface area contributed by atoms with Crippen molar-refractivity contribution in [3.63, 3.8) is 0 Å². The molecule has 0 aromatic rings. The fraction of sp³-hybridized carbons (Fsp3) is 0.889. The lowest BCUT2D eigenvalue weighted by molar-refractivity contribution is -0.121. The van der Waals surface area contributed by atoms with Crippen LogP contribution in [0.2, 0.25) is 0 Å². The monoisotopic (exact) mass is 204 g/mol. The molecule has 0 radical (unpaired) electrons. The molecule has 0 saturated carbocycles. The molecule has 0 aliphatic carbocycles. The SMILES string of the molecule is COCC(O)CNC(=O)CCC(C)N. The van der Waals surface area contributed by atoms with Crippen molar-refractivity contribution in [1.82, 2.24) is 5.32 Å². The predicted octanol–water partition coefficient (Wildman–Crippen LogP) is -0.763. The Morgan fingerprint density at radius 1 is 1.64 bits per heavy atom. The van der Waals surface area contributed by atoms with Gasteiger partial charge in [0.1, 0.15) is 0 Å². The normalized spacial score (nSPS) is 14.9. The minimum absolute atomic E-state index is 0.0321. The Labute approximate surface area is 84.6 Å². The van der Waals surface area contributed by atoms with Crippen LogP contribution in [0.3, 0.4) is 0 Å². The molecule has 14 heavy (non-hydrogen) atoms. The number of rotatable bonds is 7. The summed E-state index contributed by atoms with van der Waals surface area (Å²) in [4.78, 5) is 11.1. The Kier molecular flexibility index (Phi) is 7.37. The van der Waals surface area contributed by atoms with E-state index in [9.17, 15) is 9.90 Å². The summed E-state index contributed by atoms with van der Waals surface area (Å²) in [5.74, 6) is -0.0857. The highest BCUT2D eigenvalue weighted by Crippen LogP contribution is 1.93. The highest BCUT2D eigenvalue weighted by atomic mass is 16.5. The molecule has 2 unspecified atom stereocenters. The van der Waals surface area contributed by atoms with Crippen molar-refractivity contribution in [1.29, 1.82) is 0 Å². The molecule has 4 N–H and O–H groups in total. The number of nitrogens with one attached hydrogen (secondary N) is 1. The summed E-state index contributed by atoms with van der Waals surface area (Å²) >= 11 is 0. The summed E-state index contributed by atoms with van der Waals surface area (Å²) < 4.78 is 4.71. The van der Waals surface area contributed by atoms with Gasteiger partial charge in [-0.2, -0.15) is 0 Å². The average Bonchev–Trinajstić information content (AvgIpc) is 2.12. The molecular formula is C9H20N2O3. The van der Waals surface area contributed by atoms with Gasteiger partial charge in [0, 0.05) is 26.1 Å². The van der Waals surface area contributed by atoms with Crippen molar-refractivity contribution < 1.29 is 14.6 Å². The van der Waals surface area contributed by atoms with Crippen molar-refractivity contribution in [2.24, 2.45) is 5.73 Å². The van der Waals surface area contributed by atoms with Gasteiger partial charge in [0.25, 0.3) is 0 Å². The van der Waals surface area contributed by atoms with Gasteiger partial charge in [0.05, 0.1) is 12.7 Å². The average molecular weight is 204 g/mol. The maximum atomic E-state index is 11.1. The highest BCUT2D eigenvalue weighted by molar-refractivity contribution is 5.75. The minimum Gasteiger partial charge on any atom is -0.389 e. The van der Waals surface area contributed by atoms with Gasteiger partial charge in [-0.3, -0.25) is 4.79 Å². The summed E-state index contributed by atoms with van der Waals surface area (Å²) in [5, 5.41) is 11.8. The smallest absolute Gasteiger partial charge is 0.220 e. The summed E-state index contributed by atoms with van der Waals surface area (Å²) in [7, 11) is 1.50. The predicted molar refractivity (Wildman–Crippen MR) is 53.8 cm³/mol. The second kappa shape index (κ2) is 7.73. The Balaban J connectivity index is 3.43. The number of aliphatic hydroxyl groups is 1. The van der Waals surface area contributed by atoms with Crippen LogP contribution in [0.1, 0.15) is 19.8 Å². The first-order valence-electron chi connectivity index (χ1n) is 4.75. The van der Waals surface area contributed by atoms with Crippen molar-refractivity contribution >= 4 is 5.91 Å². The summed E-state index contributed by atoms with van der Waals surface area (Å²) in [5.41, 5.74) is 5.49. The molecule has 0 aliphatic heterocycles. The van der Waals surface area contributed by atoms with Crippen LogP contribution in [0.5, 0.6) is 0 Å². The third-order valence-corrected chi connectivity index (χ3v) is 1.72. The number of nitrogens with two attached hydrogens (primary N) is 1. The van der Waals surface area contributed by atoms with Gasteiger partial charge in [0.2, 0.25) is 5.91 Å². The zero-order valence-corrected chi connectivity index (χ0v) is 8.82. The number of aliphatic hydroxyl groups excluding tert-OH is 1. The number of carbonyl (C=O) groups is 1. The molecule has 0 saturated heterocycles. The van der Waals surface area contributed by atoms with E-state index in [2.05, 4.69) is 5.32 Å². The number of ether oxygens (including phenoxy) is 1. The zero-order chi connectivity index (χ0) is 11.0. The summed E-state index contributed by atoms with van der Waals surface area (Å²) in [6, 6.07) is 0.0321. The first kappa shape index (κ1) is 13.4. The molecule has 0 aromatic heterocycles. The van der Waals surface area contributed by atoms with Crippen LogP contribution in [0, 0.1) is 0 Å². The quantitative estimate of drug-likeness (QED) is 0.509. The van der Waals surface area contributed by atoms with Crippen LogP contribution in [0.25, 0.3) is 0 Å². The number of hydrogen-bond acceptors (Lipinski definition) is 4. The molecule has 0 rings (SSSR count). The number of hydrogen-bond donors (Lipinski definition) is 3. The Bertz CT molecular complexity index is 162. The van der Waals surface area contributed by atoms with Crippen LogP contribution in [0.15, 0.2) is 0 Å². The van der Waals surface area contributed by atoms with Gasteiger partial charge in [-0.15, -0.1) is 0 Å². The van der Waals surface area contributed by atoms with E-state index >= 15 is 0 Å². The third-order valence-electron chi connectivity index (χ3n) is 1.72. The number of amides is 1. The molecule has 2 atom stereocenters. The molecule has 84 valence electrons. The fourth-order valence-electron chi connectivity index (χ4n) is 0.930. The van der Waals surface area contributed by atoms with E-state index in [-0.39, 0.29) is 25.1 Å². The molecule has 0 bridgehead atoms. The second-order valence-electron chi connectivity index (χ2n) is 3.43. The maximum absolute atomic E-state index is 11.1. The lowest BCUT2D eigenvalue weighted by Crippen LogP contribution is -2.34. The van der Waals surface area contributed by atoms with Crippen molar-refractivity contribution in [3.8, 4) is 0 Å². The first-order valence-corrected chi connectivity index (χ1v) is 4.75. The lowest BCUT2D eigenvalue weighted by atomic mass is 10.2. The third kappa shape index (κ3) is 7.97. The zero-order valence-electron chi connectivity index (χ0n) is 8.82. The second-order valence-corrected chi connectivity index (χ2v) is 3.43. The van der Waals surface area contributed by atoms with Crippen molar-refractivity contribution in [3.05, 3.63) is 0 Å². The van der Waals surface area contributed by atoms with E-state index in [1.807, 2.05) is 6.92 Å². The van der Waals surface area contributed by atoms with Crippen LogP contribution in [0.4, 0.5) is 0 Å². The van der Waals surface area contributed by atoms with Crippen LogP contribution in [-0.4, -0.2) is 43.4 Å². The molecule has 5 heteroatoms. The molecule has 0 spiro atoms. The molecular weight excluding hydrogens is 184 g/mol. The molecule has 0 aliphatic rings. The van der Waals surface area contributed by atoms with Gasteiger partial charge >= 0.3 is 0 Å². The van der Waals surface area contributed by atoms with E-state index < -0.39 is 6.10 Å². The number of methoxy groups -OCH3 is 1. The maximum Gasteiger partial charge on any atom is 0.220 e. The molecule has 0 fully saturated rings. The topological polar surface area (TPSA) is 84.6 Å². The van der Waals surface area contributed by atoms with E-state index in [1.165, 1.54) is 7.11 Å². The summed E-state index contributed by atoms with van der Waals surface area (Å²) in [6.45, 7) is 2.31. The van der Waals surface area contributed by atoms with Crippen molar-refractivity contribution in [2.75, 3.05) is 20.3 Å². The Hall–Kier alpha value is -0.650. The largest absolute Gasteiger partial charge is 0.389 e. The van der Waals surface area contributed by atoms with Crippen LogP contribution < -0.4 is 11.1 Å². The van der Waals surface area contributed by atoms with Gasteiger partial charge in [-0.05, 0) is 13.3 Å². The Morgan fingerprint density at radius 3 is 2.79 bits per heavy atom. The van der Waals surface area contributed by atoms with Crippen molar-refractivity contribution in [2.45, 2.75) is 31.9 Å². The van der Waals surface area contributed by atoms with Gasteiger partial charge in [-0.1, -0.05) is 0 Å². The summed E-state index contributed by atoms with van der Waals surface area (Å²) in [6.07, 6.45) is 0.420. The van der Waals surface area contributed by atoms with E-state index in [4.69, 9.17) is 10.5 Å². The van der Waals surface area contributed by atoms with E-state index in [0.29, 0.717) is 12.8 Å². The highest BCUT2D eigenvalue weighted by Gasteiger charge is 2.07. The minimum atomic E-state index is -0.640. The number of carbonyl (C=O) groups excluding carboxylic acids is 1. The first-order chi connectivity index (χ1) is 6.56. The molecule has 1 amide bonds. The van der Waals surface area contributed by atoms with Crippen LogP contribution >= 0.6 is 0 Å². The molecule has 0 aromatic carbocycles. The molecule has 5 nitrogen and oxygen atoms in total. The molecule has 0 heterocycles. The van der Waals surface area contributed by atoms with Gasteiger partial charge in [-0.25, -0.2) is 0 Å².